The number of fused-ring (bicyclic) bond motifs is 1. The van der Waals surface area contributed by atoms with E-state index in [9.17, 15) is 14.7 Å². The highest BCUT2D eigenvalue weighted by Gasteiger charge is 2.14. The van der Waals surface area contributed by atoms with Gasteiger partial charge in [-0.1, -0.05) is 31.2 Å². The number of carboxylic acid groups (broad SMARTS) is 1. The number of nitrogens with one attached hydrogen (secondary N) is 1. The van der Waals surface area contributed by atoms with Crippen LogP contribution in [-0.2, 0) is 6.42 Å². The van der Waals surface area contributed by atoms with E-state index in [1.165, 1.54) is 23.5 Å². The van der Waals surface area contributed by atoms with E-state index in [1.54, 1.807) is 12.1 Å². The van der Waals surface area contributed by atoms with Crippen molar-refractivity contribution >= 4 is 27.5 Å². The molecule has 5 nitrogen and oxygen atoms in total. The number of aryl methyl sites for hydroxylation is 2. The van der Waals surface area contributed by atoms with Crippen LogP contribution in [-0.4, -0.2) is 15.9 Å². The van der Waals surface area contributed by atoms with Gasteiger partial charge >= 0.3 is 0 Å². The molecule has 6 heteroatoms. The quantitative estimate of drug-likeness (QED) is 0.800. The fraction of sp³-hybridized carbons (Fsp3) is 0.188. The summed E-state index contributed by atoms with van der Waals surface area (Å²) >= 11 is 1.50. The highest BCUT2D eigenvalue weighted by Crippen LogP contribution is 2.28. The molecule has 112 valence electrons. The molecule has 2 aromatic heterocycles. The number of aromatic carboxylic acids is 1. The molecule has 22 heavy (non-hydrogen) atoms. The number of aromatic nitrogens is 2. The summed E-state index contributed by atoms with van der Waals surface area (Å²) in [6.45, 7) is 4.00. The maximum absolute atomic E-state index is 12.3. The number of carbonyl (C=O) groups is 1. The summed E-state index contributed by atoms with van der Waals surface area (Å²) in [5.41, 5.74) is 1.62. The first-order chi connectivity index (χ1) is 10.5. The summed E-state index contributed by atoms with van der Waals surface area (Å²) < 4.78 is 0. The molecular formula is C16H13N2O3S-. The van der Waals surface area contributed by atoms with Crippen LogP contribution in [0.25, 0.3) is 21.6 Å². The number of thiophene rings is 1. The molecule has 0 radical (unpaired) electrons. The van der Waals surface area contributed by atoms with Gasteiger partial charge in [-0.05, 0) is 24.5 Å². The number of H-pyrrole nitrogens is 1. The van der Waals surface area contributed by atoms with E-state index >= 15 is 0 Å². The second-order valence-electron chi connectivity index (χ2n) is 4.95. The average molecular weight is 313 g/mol. The number of benzene rings is 1. The molecule has 1 aromatic carbocycles. The van der Waals surface area contributed by atoms with Gasteiger partial charge in [0, 0.05) is 10.4 Å². The number of carboxylic acids is 1. The highest BCUT2D eigenvalue weighted by molar-refractivity contribution is 7.18. The number of aromatic amines is 1. The van der Waals surface area contributed by atoms with Crippen LogP contribution in [0.3, 0.4) is 0 Å². The van der Waals surface area contributed by atoms with Gasteiger partial charge in [0.25, 0.3) is 5.56 Å². The van der Waals surface area contributed by atoms with E-state index in [0.29, 0.717) is 21.6 Å². The molecule has 0 atom stereocenters. The van der Waals surface area contributed by atoms with Crippen molar-refractivity contribution < 1.29 is 9.90 Å². The Morgan fingerprint density at radius 2 is 2.00 bits per heavy atom. The fourth-order valence-electron chi connectivity index (χ4n) is 2.50. The minimum atomic E-state index is -1.23. The second-order valence-corrected chi connectivity index (χ2v) is 6.15. The van der Waals surface area contributed by atoms with Crippen LogP contribution in [0.4, 0.5) is 0 Å². The van der Waals surface area contributed by atoms with Crippen molar-refractivity contribution in [1.29, 1.82) is 0 Å². The molecule has 0 spiro atoms. The standard InChI is InChI=1S/C16H14N2O3S/c1-3-11-8(2)22-15-12(11)14(19)17-13(18-15)9-4-6-10(7-5-9)16(20)21/h4-7H,3H2,1-2H3,(H,20,21)(H,17,18,19)/p-1. The number of hydrogen-bond donors (Lipinski definition) is 1. The van der Waals surface area contributed by atoms with Gasteiger partial charge in [-0.15, -0.1) is 11.3 Å². The van der Waals surface area contributed by atoms with Crippen molar-refractivity contribution in [2.45, 2.75) is 20.3 Å². The molecule has 0 saturated carbocycles. The Labute approximate surface area is 130 Å². The number of carbonyl (C=O) groups excluding carboxylic acids is 1. The highest BCUT2D eigenvalue weighted by atomic mass is 32.1. The molecule has 3 rings (SSSR count). The van der Waals surface area contributed by atoms with E-state index < -0.39 is 5.97 Å². The summed E-state index contributed by atoms with van der Waals surface area (Å²) in [6.07, 6.45) is 0.788. The van der Waals surface area contributed by atoms with Crippen LogP contribution in [0, 0.1) is 6.92 Å². The zero-order valence-electron chi connectivity index (χ0n) is 12.1. The second kappa shape index (κ2) is 5.38. The average Bonchev–Trinajstić information content (AvgIpc) is 2.83. The van der Waals surface area contributed by atoms with Crippen molar-refractivity contribution in [2.24, 2.45) is 0 Å². The number of rotatable bonds is 3. The molecule has 0 unspecified atom stereocenters. The topological polar surface area (TPSA) is 85.9 Å². The van der Waals surface area contributed by atoms with Gasteiger partial charge in [0.1, 0.15) is 10.7 Å². The third-order valence-electron chi connectivity index (χ3n) is 3.61. The zero-order valence-corrected chi connectivity index (χ0v) is 12.9. The lowest BCUT2D eigenvalue weighted by Crippen LogP contribution is -2.21. The lowest BCUT2D eigenvalue weighted by Gasteiger charge is -2.05. The van der Waals surface area contributed by atoms with E-state index in [1.807, 2.05) is 13.8 Å². The maximum Gasteiger partial charge on any atom is 0.260 e. The first kappa shape index (κ1) is 14.5. The summed E-state index contributed by atoms with van der Waals surface area (Å²) in [4.78, 5) is 32.2. The molecule has 1 N–H and O–H groups in total. The van der Waals surface area contributed by atoms with Gasteiger partial charge in [-0.25, -0.2) is 4.98 Å². The Hall–Kier alpha value is -2.47. The largest absolute Gasteiger partial charge is 0.545 e. The Balaban J connectivity index is 2.16. The maximum atomic E-state index is 12.3. The first-order valence-electron chi connectivity index (χ1n) is 6.85. The van der Waals surface area contributed by atoms with E-state index in [2.05, 4.69) is 9.97 Å². The monoisotopic (exact) mass is 313 g/mol. The van der Waals surface area contributed by atoms with Crippen LogP contribution >= 0.6 is 11.3 Å². The smallest absolute Gasteiger partial charge is 0.260 e. The molecule has 0 saturated heterocycles. The SMILES string of the molecule is CCc1c(C)sc2nc(-c3ccc(C(=O)[O-])cc3)[nH]c(=O)c12. The van der Waals surface area contributed by atoms with Gasteiger partial charge in [0.15, 0.2) is 0 Å². The molecule has 0 fully saturated rings. The predicted octanol–water partition coefficient (Wildman–Crippen LogP) is 1.89. The van der Waals surface area contributed by atoms with E-state index in [0.717, 1.165) is 16.9 Å². The van der Waals surface area contributed by atoms with Gasteiger partial charge in [-0.3, -0.25) is 4.79 Å². The van der Waals surface area contributed by atoms with Crippen molar-refractivity contribution in [2.75, 3.05) is 0 Å². The molecule has 0 bridgehead atoms. The summed E-state index contributed by atoms with van der Waals surface area (Å²) in [7, 11) is 0. The lowest BCUT2D eigenvalue weighted by molar-refractivity contribution is -0.255. The van der Waals surface area contributed by atoms with Crippen molar-refractivity contribution in [3.8, 4) is 11.4 Å². The molecule has 3 aromatic rings. The van der Waals surface area contributed by atoms with Crippen LogP contribution < -0.4 is 10.7 Å². The van der Waals surface area contributed by atoms with Gasteiger partial charge in [0.2, 0.25) is 0 Å². The minimum Gasteiger partial charge on any atom is -0.545 e. The lowest BCUT2D eigenvalue weighted by atomic mass is 10.1. The minimum absolute atomic E-state index is 0.0902. The zero-order chi connectivity index (χ0) is 15.9. The van der Waals surface area contributed by atoms with Crippen LogP contribution in [0.2, 0.25) is 0 Å². The summed E-state index contributed by atoms with van der Waals surface area (Å²) in [6, 6.07) is 6.09. The Morgan fingerprint density at radius 1 is 1.32 bits per heavy atom. The molecule has 2 heterocycles. The fourth-order valence-corrected chi connectivity index (χ4v) is 3.62. The van der Waals surface area contributed by atoms with Crippen molar-refractivity contribution in [3.63, 3.8) is 0 Å². The number of nitrogens with zero attached hydrogens (tertiary/aromatic N) is 1. The first-order valence-corrected chi connectivity index (χ1v) is 7.67. The molecule has 0 aliphatic carbocycles. The third-order valence-corrected chi connectivity index (χ3v) is 4.65. The third kappa shape index (κ3) is 2.31. The molecule has 0 amide bonds. The van der Waals surface area contributed by atoms with Gasteiger partial charge < -0.3 is 14.9 Å². The Morgan fingerprint density at radius 3 is 2.59 bits per heavy atom. The molecule has 0 aliphatic heterocycles. The summed E-state index contributed by atoms with van der Waals surface area (Å²) in [5, 5.41) is 11.4. The van der Waals surface area contributed by atoms with Crippen molar-refractivity contribution in [3.05, 3.63) is 50.6 Å². The molecular weight excluding hydrogens is 300 g/mol. The van der Waals surface area contributed by atoms with Crippen molar-refractivity contribution in [1.82, 2.24) is 9.97 Å². The Bertz CT molecular complexity index is 923. The van der Waals surface area contributed by atoms with Gasteiger partial charge in [-0.2, -0.15) is 0 Å². The van der Waals surface area contributed by atoms with Crippen LogP contribution in [0.15, 0.2) is 29.1 Å². The van der Waals surface area contributed by atoms with Gasteiger partial charge in [0.05, 0.1) is 11.4 Å². The normalized spacial score (nSPS) is 11.0. The van der Waals surface area contributed by atoms with E-state index in [4.69, 9.17) is 0 Å². The van der Waals surface area contributed by atoms with Crippen LogP contribution in [0.5, 0.6) is 0 Å². The predicted molar refractivity (Wildman–Crippen MR) is 84.1 cm³/mol. The van der Waals surface area contributed by atoms with E-state index in [-0.39, 0.29) is 11.1 Å². The molecule has 0 aliphatic rings. The van der Waals surface area contributed by atoms with Crippen LogP contribution in [0.1, 0.15) is 27.7 Å². The summed E-state index contributed by atoms with van der Waals surface area (Å²) in [5.74, 6) is -0.795. The Kier molecular flexibility index (Phi) is 3.54. The number of hydrogen-bond acceptors (Lipinski definition) is 5.